The molecule has 1 aromatic heterocycles. The second-order valence-corrected chi connectivity index (χ2v) is 6.28. The lowest BCUT2D eigenvalue weighted by Gasteiger charge is -2.17. The average Bonchev–Trinajstić information content (AvgIpc) is 3.03. The van der Waals surface area contributed by atoms with E-state index in [1.807, 2.05) is 48.5 Å². The first-order valence-corrected chi connectivity index (χ1v) is 8.38. The van der Waals surface area contributed by atoms with Crippen LogP contribution in [0.1, 0.15) is 39.3 Å². The molecule has 4 nitrogen and oxygen atoms in total. The van der Waals surface area contributed by atoms with Gasteiger partial charge in [-0.25, -0.2) is 0 Å². The molecule has 0 fully saturated rings. The van der Waals surface area contributed by atoms with Gasteiger partial charge in [0.1, 0.15) is 0 Å². The fraction of sp³-hybridized carbons (Fsp3) is 0.143. The first-order chi connectivity index (χ1) is 12.1. The standard InChI is InChI=1S/C21H18N2O2/c22-21(25)15-9-11-16(12-10-15)23-18-7-4-8-20(24)17(18)13-19(23)14-5-2-1-3-6-14/h1-3,5-6,9-13H,4,7-8H2,(H2,22,25). The number of hydrogen-bond donors (Lipinski definition) is 1. The number of nitrogens with two attached hydrogens (primary N) is 1. The molecule has 25 heavy (non-hydrogen) atoms. The molecule has 4 rings (SSSR count). The van der Waals surface area contributed by atoms with Crippen molar-refractivity contribution < 1.29 is 9.59 Å². The molecule has 0 unspecified atom stereocenters. The van der Waals surface area contributed by atoms with Crippen molar-refractivity contribution in [1.82, 2.24) is 4.57 Å². The van der Waals surface area contributed by atoms with Crippen molar-refractivity contribution in [3.8, 4) is 16.9 Å². The topological polar surface area (TPSA) is 65.1 Å². The van der Waals surface area contributed by atoms with E-state index in [1.54, 1.807) is 12.1 Å². The van der Waals surface area contributed by atoms with Crippen LogP contribution in [0.5, 0.6) is 0 Å². The Morgan fingerprint density at radius 1 is 0.960 bits per heavy atom. The molecule has 124 valence electrons. The van der Waals surface area contributed by atoms with Crippen molar-refractivity contribution in [3.05, 3.63) is 77.5 Å². The largest absolute Gasteiger partial charge is 0.366 e. The third kappa shape index (κ3) is 2.66. The van der Waals surface area contributed by atoms with Crippen LogP contribution in [0.15, 0.2) is 60.7 Å². The lowest BCUT2D eigenvalue weighted by molar-refractivity contribution is 0.0970. The number of amides is 1. The van der Waals surface area contributed by atoms with Crippen molar-refractivity contribution in [2.75, 3.05) is 0 Å². The average molecular weight is 330 g/mol. The molecule has 1 heterocycles. The number of benzene rings is 2. The molecular weight excluding hydrogens is 312 g/mol. The van der Waals surface area contributed by atoms with Crippen LogP contribution < -0.4 is 5.73 Å². The molecule has 1 aliphatic rings. The molecule has 2 aromatic carbocycles. The Hall–Kier alpha value is -3.14. The number of aromatic nitrogens is 1. The third-order valence-electron chi connectivity index (χ3n) is 4.70. The molecule has 0 bridgehead atoms. The van der Waals surface area contributed by atoms with Gasteiger partial charge in [-0.05, 0) is 48.7 Å². The summed E-state index contributed by atoms with van der Waals surface area (Å²) in [6.07, 6.45) is 2.33. The Morgan fingerprint density at radius 2 is 1.68 bits per heavy atom. The van der Waals surface area contributed by atoms with Gasteiger partial charge in [0.25, 0.3) is 0 Å². The maximum absolute atomic E-state index is 12.4. The minimum absolute atomic E-state index is 0.200. The molecule has 0 atom stereocenters. The van der Waals surface area contributed by atoms with Crippen LogP contribution in [0.25, 0.3) is 16.9 Å². The third-order valence-corrected chi connectivity index (χ3v) is 4.70. The Kier molecular flexibility index (Phi) is 3.73. The molecule has 1 amide bonds. The van der Waals surface area contributed by atoms with E-state index in [0.29, 0.717) is 12.0 Å². The monoisotopic (exact) mass is 330 g/mol. The molecular formula is C21H18N2O2. The Bertz CT molecular complexity index is 954. The highest BCUT2D eigenvalue weighted by Gasteiger charge is 2.25. The first-order valence-electron chi connectivity index (χ1n) is 8.38. The molecule has 0 saturated heterocycles. The number of carbonyl (C=O) groups excluding carboxylic acids is 2. The molecule has 2 N–H and O–H groups in total. The van der Waals surface area contributed by atoms with Gasteiger partial charge in [-0.2, -0.15) is 0 Å². The van der Waals surface area contributed by atoms with E-state index in [1.165, 1.54) is 0 Å². The van der Waals surface area contributed by atoms with Gasteiger partial charge in [0.2, 0.25) is 5.91 Å². The molecule has 0 spiro atoms. The molecule has 3 aromatic rings. The van der Waals surface area contributed by atoms with E-state index >= 15 is 0 Å². The number of carbonyl (C=O) groups is 2. The van der Waals surface area contributed by atoms with E-state index in [-0.39, 0.29) is 5.78 Å². The first kappa shape index (κ1) is 15.4. The van der Waals surface area contributed by atoms with Crippen molar-refractivity contribution in [3.63, 3.8) is 0 Å². The van der Waals surface area contributed by atoms with Crippen LogP contribution in [0.2, 0.25) is 0 Å². The number of Topliss-reactive ketones (excluding diaryl/α,β-unsaturated/α-hetero) is 1. The smallest absolute Gasteiger partial charge is 0.248 e. The fourth-order valence-electron chi connectivity index (χ4n) is 3.48. The summed E-state index contributed by atoms with van der Waals surface area (Å²) in [6, 6.07) is 19.2. The summed E-state index contributed by atoms with van der Waals surface area (Å²) in [4.78, 5) is 23.7. The zero-order valence-corrected chi connectivity index (χ0v) is 13.7. The van der Waals surface area contributed by atoms with E-state index in [9.17, 15) is 9.59 Å². The normalized spacial score (nSPS) is 13.5. The number of primary amides is 1. The van der Waals surface area contributed by atoms with Gasteiger partial charge in [-0.3, -0.25) is 9.59 Å². The molecule has 4 heteroatoms. The maximum Gasteiger partial charge on any atom is 0.248 e. The predicted octanol–water partition coefficient (Wildman–Crippen LogP) is 3.76. The second-order valence-electron chi connectivity index (χ2n) is 6.28. The number of fused-ring (bicyclic) bond motifs is 1. The van der Waals surface area contributed by atoms with E-state index < -0.39 is 5.91 Å². The summed E-state index contributed by atoms with van der Waals surface area (Å²) in [6.45, 7) is 0. The van der Waals surface area contributed by atoms with Gasteiger partial charge in [0.15, 0.2) is 5.78 Å². The quantitative estimate of drug-likeness (QED) is 0.794. The fourth-order valence-corrected chi connectivity index (χ4v) is 3.48. The van der Waals surface area contributed by atoms with Crippen molar-refractivity contribution in [1.29, 1.82) is 0 Å². The van der Waals surface area contributed by atoms with E-state index in [4.69, 9.17) is 5.73 Å². The molecule has 0 aliphatic heterocycles. The van der Waals surface area contributed by atoms with Crippen molar-refractivity contribution >= 4 is 11.7 Å². The Morgan fingerprint density at radius 3 is 2.36 bits per heavy atom. The van der Waals surface area contributed by atoms with Gasteiger partial charge < -0.3 is 10.3 Å². The molecule has 0 radical (unpaired) electrons. The minimum atomic E-state index is -0.445. The van der Waals surface area contributed by atoms with Crippen molar-refractivity contribution in [2.45, 2.75) is 19.3 Å². The Labute approximate surface area is 145 Å². The highest BCUT2D eigenvalue weighted by Crippen LogP contribution is 2.33. The van der Waals surface area contributed by atoms with Gasteiger partial charge in [-0.1, -0.05) is 30.3 Å². The summed E-state index contributed by atoms with van der Waals surface area (Å²) in [5, 5.41) is 0. The summed E-state index contributed by atoms with van der Waals surface area (Å²) in [7, 11) is 0. The summed E-state index contributed by atoms with van der Waals surface area (Å²) in [5.74, 6) is -0.245. The number of rotatable bonds is 3. The van der Waals surface area contributed by atoms with Crippen molar-refractivity contribution in [2.24, 2.45) is 5.73 Å². The van der Waals surface area contributed by atoms with Crippen LogP contribution in [0.4, 0.5) is 0 Å². The van der Waals surface area contributed by atoms with Gasteiger partial charge in [0.05, 0.1) is 5.69 Å². The minimum Gasteiger partial charge on any atom is -0.366 e. The predicted molar refractivity (Wildman–Crippen MR) is 97.0 cm³/mol. The van der Waals surface area contributed by atoms with Crippen LogP contribution in [-0.2, 0) is 6.42 Å². The number of hydrogen-bond acceptors (Lipinski definition) is 2. The lowest BCUT2D eigenvalue weighted by Crippen LogP contribution is -2.13. The van der Waals surface area contributed by atoms with Gasteiger partial charge in [-0.15, -0.1) is 0 Å². The maximum atomic E-state index is 12.4. The van der Waals surface area contributed by atoms with Gasteiger partial charge in [0, 0.05) is 28.9 Å². The van der Waals surface area contributed by atoms with Crippen LogP contribution in [0, 0.1) is 0 Å². The SMILES string of the molecule is NC(=O)c1ccc(-n2c(-c3ccccc3)cc3c2CCCC3=O)cc1. The lowest BCUT2D eigenvalue weighted by atomic mass is 9.96. The number of ketones is 1. The summed E-state index contributed by atoms with van der Waals surface area (Å²) >= 11 is 0. The second kappa shape index (κ2) is 6.06. The highest BCUT2D eigenvalue weighted by atomic mass is 16.1. The summed E-state index contributed by atoms with van der Waals surface area (Å²) in [5.41, 5.74) is 10.7. The summed E-state index contributed by atoms with van der Waals surface area (Å²) < 4.78 is 2.13. The van der Waals surface area contributed by atoms with E-state index in [2.05, 4.69) is 4.57 Å². The van der Waals surface area contributed by atoms with Crippen LogP contribution in [0.3, 0.4) is 0 Å². The highest BCUT2D eigenvalue weighted by molar-refractivity contribution is 6.00. The zero-order chi connectivity index (χ0) is 17.4. The van der Waals surface area contributed by atoms with Gasteiger partial charge >= 0.3 is 0 Å². The molecule has 1 aliphatic carbocycles. The number of nitrogens with zero attached hydrogens (tertiary/aromatic N) is 1. The Balaban J connectivity index is 1.93. The zero-order valence-electron chi connectivity index (χ0n) is 13.7. The van der Waals surface area contributed by atoms with Crippen LogP contribution in [-0.4, -0.2) is 16.3 Å². The molecule has 0 saturated carbocycles. The van der Waals surface area contributed by atoms with E-state index in [0.717, 1.165) is 41.0 Å². The van der Waals surface area contributed by atoms with Crippen LogP contribution >= 0.6 is 0 Å².